The maximum Gasteiger partial charge on any atom is 0.153 e. The highest BCUT2D eigenvalue weighted by molar-refractivity contribution is 5.61. The molecule has 0 atom stereocenters. The first kappa shape index (κ1) is 12.0. The molecule has 0 saturated heterocycles. The van der Waals surface area contributed by atoms with Gasteiger partial charge < -0.3 is 20.5 Å². The summed E-state index contributed by atoms with van der Waals surface area (Å²) in [5.41, 5.74) is 6.27. The number of rotatable bonds is 4. The topological polar surface area (TPSA) is 82.3 Å². The van der Waals surface area contributed by atoms with E-state index in [1.54, 1.807) is 32.4 Å². The average molecular weight is 246 g/mol. The molecule has 2 rings (SSSR count). The molecule has 1 heterocycles. The standard InChI is InChI=1S/C12H14N4O2/c1-17-9-5-8(6-10(7-9)18-2)14-12-4-3-11(13)15-16-12/h3-7H,1-2H3,(H2,13,15)(H,14,16). The first-order chi connectivity index (χ1) is 8.71. The number of nitrogens with one attached hydrogen (secondary N) is 1. The van der Waals surface area contributed by atoms with Gasteiger partial charge in [0, 0.05) is 23.9 Å². The lowest BCUT2D eigenvalue weighted by Crippen LogP contribution is -1.98. The maximum absolute atomic E-state index is 5.47. The lowest BCUT2D eigenvalue weighted by molar-refractivity contribution is 0.395. The van der Waals surface area contributed by atoms with E-state index in [-0.39, 0.29) is 0 Å². The number of nitrogens with two attached hydrogens (primary N) is 1. The Morgan fingerprint density at radius 2 is 1.67 bits per heavy atom. The fourth-order valence-corrected chi connectivity index (χ4v) is 1.44. The van der Waals surface area contributed by atoms with Crippen LogP contribution in [-0.4, -0.2) is 24.4 Å². The van der Waals surface area contributed by atoms with E-state index in [1.165, 1.54) is 0 Å². The number of anilines is 3. The summed E-state index contributed by atoms with van der Waals surface area (Å²) in [6.07, 6.45) is 0. The molecule has 1 aromatic heterocycles. The van der Waals surface area contributed by atoms with Crippen molar-refractivity contribution in [1.82, 2.24) is 10.2 Å². The minimum atomic E-state index is 0.378. The zero-order valence-corrected chi connectivity index (χ0v) is 10.2. The SMILES string of the molecule is COc1cc(Nc2ccc(N)nn2)cc(OC)c1. The summed E-state index contributed by atoms with van der Waals surface area (Å²) in [4.78, 5) is 0. The lowest BCUT2D eigenvalue weighted by Gasteiger charge is -2.09. The molecule has 0 aliphatic heterocycles. The van der Waals surface area contributed by atoms with Crippen LogP contribution in [0.3, 0.4) is 0 Å². The maximum atomic E-state index is 5.47. The van der Waals surface area contributed by atoms with Crippen molar-refractivity contribution in [2.75, 3.05) is 25.3 Å². The second-order valence-corrected chi connectivity index (χ2v) is 3.57. The summed E-state index contributed by atoms with van der Waals surface area (Å²) >= 11 is 0. The van der Waals surface area contributed by atoms with Crippen LogP contribution >= 0.6 is 0 Å². The van der Waals surface area contributed by atoms with Crippen LogP contribution in [0.4, 0.5) is 17.3 Å². The fraction of sp³-hybridized carbons (Fsp3) is 0.167. The molecule has 2 aromatic rings. The van der Waals surface area contributed by atoms with Gasteiger partial charge >= 0.3 is 0 Å². The molecule has 0 bridgehead atoms. The van der Waals surface area contributed by atoms with Crippen molar-refractivity contribution >= 4 is 17.3 Å². The van der Waals surface area contributed by atoms with Gasteiger partial charge in [0.2, 0.25) is 0 Å². The predicted octanol–water partition coefficient (Wildman–Crippen LogP) is 1.82. The third kappa shape index (κ3) is 2.79. The summed E-state index contributed by atoms with van der Waals surface area (Å²) < 4.78 is 10.4. The number of hydrogen-bond donors (Lipinski definition) is 2. The summed E-state index contributed by atoms with van der Waals surface area (Å²) in [5.74, 6) is 2.36. The van der Waals surface area contributed by atoms with Crippen molar-refractivity contribution in [3.8, 4) is 11.5 Å². The lowest BCUT2D eigenvalue weighted by atomic mass is 10.2. The molecule has 0 fully saturated rings. The third-order valence-electron chi connectivity index (χ3n) is 2.31. The highest BCUT2D eigenvalue weighted by Crippen LogP contribution is 2.27. The van der Waals surface area contributed by atoms with Crippen molar-refractivity contribution in [3.63, 3.8) is 0 Å². The van der Waals surface area contributed by atoms with E-state index in [0.717, 1.165) is 5.69 Å². The molecule has 0 radical (unpaired) electrons. The van der Waals surface area contributed by atoms with Crippen LogP contribution in [0.2, 0.25) is 0 Å². The number of methoxy groups -OCH3 is 2. The minimum absolute atomic E-state index is 0.378. The predicted molar refractivity (Wildman–Crippen MR) is 69.3 cm³/mol. The van der Waals surface area contributed by atoms with Crippen LogP contribution in [0.5, 0.6) is 11.5 Å². The molecule has 0 spiro atoms. The van der Waals surface area contributed by atoms with Crippen LogP contribution in [0.25, 0.3) is 0 Å². The smallest absolute Gasteiger partial charge is 0.153 e. The fourth-order valence-electron chi connectivity index (χ4n) is 1.44. The largest absolute Gasteiger partial charge is 0.497 e. The Morgan fingerprint density at radius 1 is 1.00 bits per heavy atom. The molecule has 0 amide bonds. The quantitative estimate of drug-likeness (QED) is 0.856. The Bertz CT molecular complexity index is 506. The van der Waals surface area contributed by atoms with E-state index in [9.17, 15) is 0 Å². The van der Waals surface area contributed by atoms with Gasteiger partial charge in [-0.05, 0) is 12.1 Å². The van der Waals surface area contributed by atoms with E-state index >= 15 is 0 Å². The molecule has 18 heavy (non-hydrogen) atoms. The first-order valence-corrected chi connectivity index (χ1v) is 5.30. The molecule has 0 aliphatic carbocycles. The first-order valence-electron chi connectivity index (χ1n) is 5.30. The molecule has 6 heteroatoms. The number of benzene rings is 1. The Balaban J connectivity index is 2.25. The Hall–Kier alpha value is -2.50. The number of nitrogens with zero attached hydrogens (tertiary/aromatic N) is 2. The molecule has 94 valence electrons. The van der Waals surface area contributed by atoms with E-state index in [4.69, 9.17) is 15.2 Å². The molecule has 0 saturated carbocycles. The van der Waals surface area contributed by atoms with E-state index in [2.05, 4.69) is 15.5 Å². The Morgan fingerprint density at radius 3 is 2.17 bits per heavy atom. The van der Waals surface area contributed by atoms with Crippen molar-refractivity contribution in [2.24, 2.45) is 0 Å². The van der Waals surface area contributed by atoms with Crippen molar-refractivity contribution in [1.29, 1.82) is 0 Å². The average Bonchev–Trinajstić information content (AvgIpc) is 2.41. The van der Waals surface area contributed by atoms with Gasteiger partial charge in [-0.2, -0.15) is 0 Å². The van der Waals surface area contributed by atoms with Crippen molar-refractivity contribution < 1.29 is 9.47 Å². The summed E-state index contributed by atoms with van der Waals surface area (Å²) in [7, 11) is 3.20. The van der Waals surface area contributed by atoms with Gasteiger partial charge in [-0.3, -0.25) is 0 Å². The number of ether oxygens (including phenoxy) is 2. The third-order valence-corrected chi connectivity index (χ3v) is 2.31. The Labute approximate surface area is 105 Å². The summed E-state index contributed by atoms with van der Waals surface area (Å²) in [6.45, 7) is 0. The highest BCUT2D eigenvalue weighted by atomic mass is 16.5. The van der Waals surface area contributed by atoms with Crippen LogP contribution < -0.4 is 20.5 Å². The van der Waals surface area contributed by atoms with Gasteiger partial charge in [-0.25, -0.2) is 0 Å². The number of aromatic nitrogens is 2. The minimum Gasteiger partial charge on any atom is -0.497 e. The van der Waals surface area contributed by atoms with Gasteiger partial charge in [-0.1, -0.05) is 0 Å². The molecule has 3 N–H and O–H groups in total. The van der Waals surface area contributed by atoms with Gasteiger partial charge in [0.25, 0.3) is 0 Å². The summed E-state index contributed by atoms with van der Waals surface area (Å²) in [5, 5.41) is 10.8. The molecule has 0 aliphatic rings. The van der Waals surface area contributed by atoms with Gasteiger partial charge in [-0.15, -0.1) is 10.2 Å². The van der Waals surface area contributed by atoms with Crippen LogP contribution in [-0.2, 0) is 0 Å². The van der Waals surface area contributed by atoms with Crippen LogP contribution in [0, 0.1) is 0 Å². The zero-order chi connectivity index (χ0) is 13.0. The number of nitrogen functional groups attached to an aromatic ring is 1. The van der Waals surface area contributed by atoms with Gasteiger partial charge in [0.1, 0.15) is 17.3 Å². The summed E-state index contributed by atoms with van der Waals surface area (Å²) in [6, 6.07) is 8.88. The zero-order valence-electron chi connectivity index (χ0n) is 10.2. The normalized spacial score (nSPS) is 9.89. The molecule has 1 aromatic carbocycles. The van der Waals surface area contributed by atoms with E-state index < -0.39 is 0 Å². The molecule has 6 nitrogen and oxygen atoms in total. The van der Waals surface area contributed by atoms with Gasteiger partial charge in [0.05, 0.1) is 14.2 Å². The number of hydrogen-bond acceptors (Lipinski definition) is 6. The molecule has 0 unspecified atom stereocenters. The molecular weight excluding hydrogens is 232 g/mol. The second-order valence-electron chi connectivity index (χ2n) is 3.57. The van der Waals surface area contributed by atoms with E-state index in [0.29, 0.717) is 23.1 Å². The van der Waals surface area contributed by atoms with Crippen molar-refractivity contribution in [2.45, 2.75) is 0 Å². The van der Waals surface area contributed by atoms with Crippen LogP contribution in [0.15, 0.2) is 30.3 Å². The van der Waals surface area contributed by atoms with E-state index in [1.807, 2.05) is 12.1 Å². The van der Waals surface area contributed by atoms with Crippen molar-refractivity contribution in [3.05, 3.63) is 30.3 Å². The van der Waals surface area contributed by atoms with Crippen LogP contribution in [0.1, 0.15) is 0 Å². The monoisotopic (exact) mass is 246 g/mol. The van der Waals surface area contributed by atoms with Gasteiger partial charge in [0.15, 0.2) is 5.82 Å². The molecular formula is C12H14N4O2. The highest BCUT2D eigenvalue weighted by Gasteiger charge is 2.03. The second kappa shape index (κ2) is 5.22. The Kier molecular flexibility index (Phi) is 3.47.